The number of sulfonamides is 1. The molecular weight excluding hydrogens is 378 g/mol. The van der Waals surface area contributed by atoms with Crippen LogP contribution in [0.1, 0.15) is 23.2 Å². The third-order valence-electron chi connectivity index (χ3n) is 4.11. The van der Waals surface area contributed by atoms with Crippen molar-refractivity contribution in [3.05, 3.63) is 59.7 Å². The normalized spacial score (nSPS) is 16.9. The molecule has 1 amide bonds. The van der Waals surface area contributed by atoms with Crippen molar-refractivity contribution in [1.82, 2.24) is 5.32 Å². The standard InChI is InChI=1S/C18H18F2N2O4S/c19-16-8-7-15(10-17(16)20)27(24,25)22-13-5-3-12(4-6-13)18(23)21-11-14-2-1-9-26-14/h3-8,10,14,22H,1-2,9,11H2,(H,21,23). The maximum atomic E-state index is 13.3. The number of carbonyl (C=O) groups is 1. The van der Waals surface area contributed by atoms with Crippen LogP contribution in [0.5, 0.6) is 0 Å². The van der Waals surface area contributed by atoms with E-state index in [2.05, 4.69) is 10.0 Å². The van der Waals surface area contributed by atoms with Crippen LogP contribution < -0.4 is 10.0 Å². The minimum absolute atomic E-state index is 0.0242. The van der Waals surface area contributed by atoms with Crippen LogP contribution in [-0.4, -0.2) is 33.6 Å². The predicted molar refractivity (Wildman–Crippen MR) is 94.9 cm³/mol. The molecule has 1 aliphatic rings. The van der Waals surface area contributed by atoms with Crippen molar-refractivity contribution in [2.24, 2.45) is 0 Å². The summed E-state index contributed by atoms with van der Waals surface area (Å²) >= 11 is 0. The van der Waals surface area contributed by atoms with Crippen LogP contribution in [0.25, 0.3) is 0 Å². The van der Waals surface area contributed by atoms with E-state index >= 15 is 0 Å². The first-order valence-corrected chi connectivity index (χ1v) is 9.81. The van der Waals surface area contributed by atoms with Crippen molar-refractivity contribution in [1.29, 1.82) is 0 Å². The van der Waals surface area contributed by atoms with Crippen LogP contribution in [0.4, 0.5) is 14.5 Å². The highest BCUT2D eigenvalue weighted by Crippen LogP contribution is 2.19. The van der Waals surface area contributed by atoms with Crippen LogP contribution in [0.3, 0.4) is 0 Å². The van der Waals surface area contributed by atoms with Gasteiger partial charge in [0.2, 0.25) is 0 Å². The summed E-state index contributed by atoms with van der Waals surface area (Å²) in [5, 5.41) is 2.77. The SMILES string of the molecule is O=C(NCC1CCCO1)c1ccc(NS(=O)(=O)c2ccc(F)c(F)c2)cc1. The first-order valence-electron chi connectivity index (χ1n) is 8.33. The third kappa shape index (κ3) is 4.81. The van der Waals surface area contributed by atoms with Crippen LogP contribution >= 0.6 is 0 Å². The topological polar surface area (TPSA) is 84.5 Å². The number of carbonyl (C=O) groups excluding carboxylic acids is 1. The highest BCUT2D eigenvalue weighted by molar-refractivity contribution is 7.92. The molecule has 0 bridgehead atoms. The molecule has 1 aliphatic heterocycles. The number of amides is 1. The van der Waals surface area contributed by atoms with Crippen LogP contribution in [0.15, 0.2) is 47.4 Å². The first-order chi connectivity index (χ1) is 12.8. The lowest BCUT2D eigenvalue weighted by Gasteiger charge is -2.11. The molecule has 0 saturated carbocycles. The monoisotopic (exact) mass is 396 g/mol. The Labute approximate surface area is 155 Å². The van der Waals surface area contributed by atoms with Gasteiger partial charge in [-0.05, 0) is 55.3 Å². The Morgan fingerprint density at radius 1 is 1.11 bits per heavy atom. The molecule has 0 radical (unpaired) electrons. The molecule has 2 aromatic rings. The fourth-order valence-corrected chi connectivity index (χ4v) is 3.73. The largest absolute Gasteiger partial charge is 0.376 e. The highest BCUT2D eigenvalue weighted by Gasteiger charge is 2.18. The van der Waals surface area contributed by atoms with E-state index < -0.39 is 26.6 Å². The molecule has 0 spiro atoms. The Morgan fingerprint density at radius 3 is 2.48 bits per heavy atom. The number of halogens is 2. The van der Waals surface area contributed by atoms with Crippen molar-refractivity contribution in [3.63, 3.8) is 0 Å². The molecular formula is C18H18F2N2O4S. The zero-order chi connectivity index (χ0) is 19.4. The molecule has 6 nitrogen and oxygen atoms in total. The fraction of sp³-hybridized carbons (Fsp3) is 0.278. The summed E-state index contributed by atoms with van der Waals surface area (Å²) < 4.78 is 58.4. The second-order valence-electron chi connectivity index (χ2n) is 6.10. The molecule has 1 atom stereocenters. The average molecular weight is 396 g/mol. The number of ether oxygens (including phenoxy) is 1. The van der Waals surface area contributed by atoms with Crippen molar-refractivity contribution in [2.45, 2.75) is 23.8 Å². The van der Waals surface area contributed by atoms with Gasteiger partial charge in [0, 0.05) is 24.4 Å². The van der Waals surface area contributed by atoms with Gasteiger partial charge in [0.15, 0.2) is 11.6 Å². The van der Waals surface area contributed by atoms with Crippen molar-refractivity contribution >= 4 is 21.6 Å². The Kier molecular flexibility index (Phi) is 5.71. The second kappa shape index (κ2) is 8.01. The lowest BCUT2D eigenvalue weighted by Crippen LogP contribution is -2.31. The van der Waals surface area contributed by atoms with E-state index in [0.29, 0.717) is 24.8 Å². The zero-order valence-corrected chi connectivity index (χ0v) is 15.1. The maximum absolute atomic E-state index is 13.3. The minimum Gasteiger partial charge on any atom is -0.376 e. The molecule has 2 aromatic carbocycles. The number of rotatable bonds is 6. The Morgan fingerprint density at radius 2 is 1.85 bits per heavy atom. The third-order valence-corrected chi connectivity index (χ3v) is 5.49. The minimum atomic E-state index is -4.08. The van der Waals surface area contributed by atoms with E-state index in [1.165, 1.54) is 24.3 Å². The molecule has 9 heteroatoms. The number of nitrogens with one attached hydrogen (secondary N) is 2. The van der Waals surface area contributed by atoms with Gasteiger partial charge in [0.05, 0.1) is 11.0 Å². The van der Waals surface area contributed by atoms with E-state index in [0.717, 1.165) is 25.0 Å². The Bertz CT molecular complexity index is 927. The van der Waals surface area contributed by atoms with Gasteiger partial charge in [-0.3, -0.25) is 9.52 Å². The van der Waals surface area contributed by atoms with Crippen LogP contribution in [-0.2, 0) is 14.8 Å². The van der Waals surface area contributed by atoms with Gasteiger partial charge in [0.25, 0.3) is 15.9 Å². The lowest BCUT2D eigenvalue weighted by molar-refractivity contribution is 0.0858. The average Bonchev–Trinajstić information content (AvgIpc) is 3.16. The van der Waals surface area contributed by atoms with Gasteiger partial charge < -0.3 is 10.1 Å². The maximum Gasteiger partial charge on any atom is 0.261 e. The quantitative estimate of drug-likeness (QED) is 0.786. The molecule has 3 rings (SSSR count). The van der Waals surface area contributed by atoms with E-state index in [1.807, 2.05) is 0 Å². The summed E-state index contributed by atoms with van der Waals surface area (Å²) in [5.74, 6) is -2.68. The molecule has 1 fully saturated rings. The number of hydrogen-bond acceptors (Lipinski definition) is 4. The van der Waals surface area contributed by atoms with Gasteiger partial charge in [0.1, 0.15) is 0 Å². The van der Waals surface area contributed by atoms with E-state index in [4.69, 9.17) is 4.74 Å². The number of benzene rings is 2. The number of hydrogen-bond donors (Lipinski definition) is 2. The molecule has 1 saturated heterocycles. The summed E-state index contributed by atoms with van der Waals surface area (Å²) in [6.45, 7) is 1.12. The predicted octanol–water partition coefficient (Wildman–Crippen LogP) is 2.67. The van der Waals surface area contributed by atoms with Gasteiger partial charge >= 0.3 is 0 Å². The summed E-state index contributed by atoms with van der Waals surface area (Å²) in [6.07, 6.45) is 1.91. The summed E-state index contributed by atoms with van der Waals surface area (Å²) in [5.41, 5.74) is 0.555. The molecule has 1 unspecified atom stereocenters. The second-order valence-corrected chi connectivity index (χ2v) is 7.79. The molecule has 2 N–H and O–H groups in total. The highest BCUT2D eigenvalue weighted by atomic mass is 32.2. The molecule has 27 heavy (non-hydrogen) atoms. The van der Waals surface area contributed by atoms with Crippen molar-refractivity contribution in [2.75, 3.05) is 17.9 Å². The summed E-state index contributed by atoms with van der Waals surface area (Å²) in [7, 11) is -4.08. The molecule has 0 aromatic heterocycles. The zero-order valence-electron chi connectivity index (χ0n) is 14.2. The summed E-state index contributed by atoms with van der Waals surface area (Å²) in [6, 6.07) is 8.07. The summed E-state index contributed by atoms with van der Waals surface area (Å²) in [4.78, 5) is 11.7. The smallest absolute Gasteiger partial charge is 0.261 e. The van der Waals surface area contributed by atoms with E-state index in [1.54, 1.807) is 0 Å². The lowest BCUT2D eigenvalue weighted by atomic mass is 10.2. The van der Waals surface area contributed by atoms with Gasteiger partial charge in [-0.2, -0.15) is 0 Å². The Balaban J connectivity index is 1.64. The van der Waals surface area contributed by atoms with Crippen molar-refractivity contribution in [3.8, 4) is 0 Å². The molecule has 1 heterocycles. The van der Waals surface area contributed by atoms with Gasteiger partial charge in [-0.25, -0.2) is 17.2 Å². The van der Waals surface area contributed by atoms with Gasteiger partial charge in [-0.1, -0.05) is 0 Å². The van der Waals surface area contributed by atoms with Crippen LogP contribution in [0.2, 0.25) is 0 Å². The van der Waals surface area contributed by atoms with Crippen LogP contribution in [0, 0.1) is 11.6 Å². The number of anilines is 1. The Hall–Kier alpha value is -2.52. The van der Waals surface area contributed by atoms with Gasteiger partial charge in [-0.15, -0.1) is 0 Å². The van der Waals surface area contributed by atoms with E-state index in [-0.39, 0.29) is 17.7 Å². The first kappa shape index (κ1) is 19.2. The fourth-order valence-electron chi connectivity index (χ4n) is 2.66. The molecule has 0 aliphatic carbocycles. The van der Waals surface area contributed by atoms with E-state index in [9.17, 15) is 22.0 Å². The van der Waals surface area contributed by atoms with Crippen molar-refractivity contribution < 1.29 is 26.7 Å². The molecule has 144 valence electrons.